The van der Waals surface area contributed by atoms with Crippen LogP contribution in [0, 0.1) is 54.0 Å². The van der Waals surface area contributed by atoms with Gasteiger partial charge in [-0.2, -0.15) is 10.5 Å². The second kappa shape index (κ2) is 21.0. The van der Waals surface area contributed by atoms with Gasteiger partial charge < -0.3 is 14.4 Å². The predicted molar refractivity (Wildman–Crippen MR) is 136 cm³/mol. The number of halogens is 2. The summed E-state index contributed by atoms with van der Waals surface area (Å²) in [5, 5.41) is 14.6. The molecule has 273 valence electrons. The maximum atomic E-state index is 14.4. The number of nitrogens with zero attached hydrogens (tertiary/aromatic N) is 6. The van der Waals surface area contributed by atoms with E-state index in [2.05, 4.69) is 9.97 Å². The van der Waals surface area contributed by atoms with Crippen molar-refractivity contribution in [2.24, 2.45) is 10.8 Å². The van der Waals surface area contributed by atoms with E-state index in [0.717, 1.165) is 0 Å². The Morgan fingerprint density at radius 2 is 1.06 bits per heavy atom. The number of ether oxygens (including phenoxy) is 2. The molecule has 49 heavy (non-hydrogen) atoms. The van der Waals surface area contributed by atoms with E-state index in [0.29, 0.717) is 11.4 Å². The Morgan fingerprint density at radius 3 is 1.29 bits per heavy atom. The van der Waals surface area contributed by atoms with E-state index in [1.807, 2.05) is 9.80 Å². The zero-order valence-electron chi connectivity index (χ0n) is 26.7. The Balaban J connectivity index is 0. The molecule has 19 nitrogen and oxygen atoms in total. The van der Waals surface area contributed by atoms with Crippen molar-refractivity contribution in [3.8, 4) is 12.1 Å². The van der Waals surface area contributed by atoms with Crippen molar-refractivity contribution in [1.29, 1.82) is 10.5 Å². The Labute approximate surface area is 296 Å². The zero-order chi connectivity index (χ0) is 37.5. The number of piperidine rings is 2. The van der Waals surface area contributed by atoms with Gasteiger partial charge >= 0.3 is 29.0 Å². The van der Waals surface area contributed by atoms with Crippen LogP contribution < -0.4 is 37.3 Å². The number of carbonyl (C=O) groups is 3. The van der Waals surface area contributed by atoms with Gasteiger partial charge in [-0.1, -0.05) is 12.1 Å². The van der Waals surface area contributed by atoms with Crippen LogP contribution in [0.2, 0.25) is 0 Å². The molecule has 0 unspecified atom stereocenters. The average molecular weight is 783 g/mol. The molecule has 2 bridgehead atoms. The number of carbonyl (C=O) groups excluding carboxylic acids is 3. The second-order valence-corrected chi connectivity index (χ2v) is 11.1. The first kappa shape index (κ1) is 47.7. The van der Waals surface area contributed by atoms with Crippen molar-refractivity contribution in [3.05, 3.63) is 60.2 Å². The van der Waals surface area contributed by atoms with E-state index in [1.54, 1.807) is 75.0 Å². The summed E-state index contributed by atoms with van der Waals surface area (Å²) in [5.41, 5.74) is -2.29. The molecule has 0 saturated carbocycles. The minimum Gasteiger partial charge on any atom is -0.468 e. The SMILES string of the molecule is CC#N.CC#N.COC(=O)[C@]12CN(C)C[C@](C(=O)OC)(C1=O)[C@@H](c1ccccn1)N(C)[C@H]2c1ccccn1.[Cu+2].[O-][Cl+3]([O-])([O-])[O-].[O-][Cl+3]([O-])([O-])[O-]. The molecule has 0 aromatic carbocycles. The molecule has 4 atom stereocenters. The molecule has 4 rings (SSSR count). The van der Waals surface area contributed by atoms with E-state index in [4.69, 9.17) is 57.3 Å². The van der Waals surface area contributed by atoms with E-state index in [9.17, 15) is 14.4 Å². The number of ketones is 1. The summed E-state index contributed by atoms with van der Waals surface area (Å²) in [5.74, 6) is -1.93. The molecular weight excluding hydrogens is 751 g/mol. The van der Waals surface area contributed by atoms with Crippen molar-refractivity contribution in [2.75, 3.05) is 41.4 Å². The number of Topliss-reactive ketones (excluding diaryl/α,β-unsaturated/α-hetero) is 1. The largest absolute Gasteiger partial charge is 2.00 e. The van der Waals surface area contributed by atoms with Crippen molar-refractivity contribution in [1.82, 2.24) is 19.8 Å². The maximum Gasteiger partial charge on any atom is 2.00 e. The van der Waals surface area contributed by atoms with Crippen LogP contribution >= 0.6 is 0 Å². The van der Waals surface area contributed by atoms with Crippen LogP contribution in [0.4, 0.5) is 0 Å². The fourth-order valence-electron chi connectivity index (χ4n) is 5.61. The molecule has 0 N–H and O–H groups in total. The fraction of sp³-hybridized carbons (Fsp3) is 0.444. The van der Waals surface area contributed by atoms with Crippen LogP contribution in [-0.2, 0) is 40.9 Å². The van der Waals surface area contributed by atoms with Gasteiger partial charge in [-0.25, -0.2) is 37.3 Å². The number of likely N-dealkylation sites (tertiary alicyclic amines) is 2. The summed E-state index contributed by atoms with van der Waals surface area (Å²) in [6, 6.07) is 12.6. The Morgan fingerprint density at radius 1 is 0.776 bits per heavy atom. The molecule has 0 aliphatic carbocycles. The number of hydrogen-bond acceptors (Lipinski definition) is 19. The first-order chi connectivity index (χ1) is 22.2. The number of fused-ring (bicyclic) bond motifs is 2. The zero-order valence-corrected chi connectivity index (χ0v) is 29.2. The minimum absolute atomic E-state index is 0. The van der Waals surface area contributed by atoms with Crippen molar-refractivity contribution in [3.63, 3.8) is 0 Å². The number of esters is 2. The summed E-state index contributed by atoms with van der Waals surface area (Å²) in [6.45, 7) is 3.02. The topological polar surface area (TPSA) is 334 Å². The van der Waals surface area contributed by atoms with Gasteiger partial charge in [-0.05, 0) is 38.4 Å². The molecule has 2 aliphatic rings. The first-order valence-corrected chi connectivity index (χ1v) is 15.4. The monoisotopic (exact) mass is 781 g/mol. The standard InChI is InChI=1S/C23H26N4O5.2C2H3N.2ClHO4.Cu/c1-26-13-22(20(29)31-3)17(15-9-5-7-11-24-15)27(2)18(16-10-6-8-12-25-16)23(14-26,19(22)28)21(30)32-4;2*1-2-3;2*2-1(3,4)5;/h5-12,17-18H,13-14H2,1-4H3;2*1H3;2*(H,2,3,4,5);/q;;;;;+2/p-2/t17-,18+,22-,23+;;;;;. The van der Waals surface area contributed by atoms with Crippen LogP contribution in [0.5, 0.6) is 0 Å². The third kappa shape index (κ3) is 13.1. The smallest absolute Gasteiger partial charge is 0.468 e. The quantitative estimate of drug-likeness (QED) is 0.158. The minimum atomic E-state index is -4.94. The van der Waals surface area contributed by atoms with Crippen molar-refractivity contribution >= 4 is 17.7 Å². The van der Waals surface area contributed by atoms with Crippen molar-refractivity contribution in [2.45, 2.75) is 25.9 Å². The third-order valence-electron chi connectivity index (χ3n) is 6.63. The number of hydrogen-bond donors (Lipinski definition) is 0. The molecule has 0 spiro atoms. The van der Waals surface area contributed by atoms with Gasteiger partial charge in [-0.15, -0.1) is 20.5 Å². The number of pyridine rings is 2. The van der Waals surface area contributed by atoms with E-state index >= 15 is 0 Å². The summed E-state index contributed by atoms with van der Waals surface area (Å²) < 4.78 is 78.3. The third-order valence-corrected chi connectivity index (χ3v) is 6.63. The molecule has 0 amide bonds. The van der Waals surface area contributed by atoms with Gasteiger partial charge in [-0.3, -0.25) is 29.3 Å². The summed E-state index contributed by atoms with van der Waals surface area (Å²) in [4.78, 5) is 53.8. The van der Waals surface area contributed by atoms with E-state index < -0.39 is 61.1 Å². The van der Waals surface area contributed by atoms with Crippen LogP contribution in [0.15, 0.2) is 48.8 Å². The van der Waals surface area contributed by atoms with Crippen LogP contribution in [0.1, 0.15) is 37.3 Å². The molecule has 2 aromatic heterocycles. The Kier molecular flexibility index (Phi) is 20.4. The van der Waals surface area contributed by atoms with Crippen molar-refractivity contribution < 1.29 is 98.7 Å². The maximum absolute atomic E-state index is 14.4. The van der Waals surface area contributed by atoms with Gasteiger partial charge in [0.05, 0.1) is 49.8 Å². The van der Waals surface area contributed by atoms with Crippen LogP contribution in [0.25, 0.3) is 0 Å². The van der Waals surface area contributed by atoms with Gasteiger partial charge in [0.1, 0.15) is 0 Å². The van der Waals surface area contributed by atoms with Crippen LogP contribution in [0.3, 0.4) is 0 Å². The van der Waals surface area contributed by atoms with Gasteiger partial charge in [0, 0.05) is 39.3 Å². The Bertz CT molecular complexity index is 1310. The second-order valence-electron chi connectivity index (χ2n) is 9.61. The molecule has 2 fully saturated rings. The van der Waals surface area contributed by atoms with E-state index in [-0.39, 0.29) is 30.2 Å². The average Bonchev–Trinajstić information content (AvgIpc) is 2.98. The van der Waals surface area contributed by atoms with Gasteiger partial charge in [0.2, 0.25) is 0 Å². The van der Waals surface area contributed by atoms with Gasteiger partial charge in [0.25, 0.3) is 0 Å². The molecule has 2 saturated heterocycles. The number of nitriles is 2. The number of aromatic nitrogens is 2. The predicted octanol–water partition coefficient (Wildman–Crippen LogP) is -7.42. The van der Waals surface area contributed by atoms with E-state index in [1.165, 1.54) is 28.1 Å². The summed E-state index contributed by atoms with van der Waals surface area (Å²) in [6.07, 6.45) is 3.23. The fourth-order valence-corrected chi connectivity index (χ4v) is 5.61. The molecule has 1 radical (unpaired) electrons. The molecular formula is C27H32Cl2CuN6O13. The molecule has 22 heteroatoms. The Hall–Kier alpha value is -3.41. The molecule has 2 aliphatic heterocycles. The molecule has 2 aromatic rings. The molecule has 4 heterocycles. The first-order valence-electron chi connectivity index (χ1n) is 13.0. The number of methoxy groups -OCH3 is 2. The summed E-state index contributed by atoms with van der Waals surface area (Å²) in [7, 11) is -3.83. The number of rotatable bonds is 4. The summed E-state index contributed by atoms with van der Waals surface area (Å²) >= 11 is 0. The van der Waals surface area contributed by atoms with Gasteiger partial charge in [0.15, 0.2) is 16.6 Å². The van der Waals surface area contributed by atoms with Crippen LogP contribution in [-0.4, -0.2) is 78.9 Å². The normalized spacial score (nSPS) is 22.7.